The van der Waals surface area contributed by atoms with Crippen molar-refractivity contribution in [3.63, 3.8) is 0 Å². The van der Waals surface area contributed by atoms with Gasteiger partial charge in [0, 0.05) is 6.07 Å². The van der Waals surface area contributed by atoms with Gasteiger partial charge in [-0.1, -0.05) is 48.5 Å². The molecule has 4 nitrogen and oxygen atoms in total. The SMILES string of the molecule is COc1cc(OC)c(C(=O)/C=C/c2cccc3ccccc23)cc1OC. The predicted molar refractivity (Wildman–Crippen MR) is 103 cm³/mol. The molecule has 0 aromatic heterocycles. The number of carbonyl (C=O) groups excluding carboxylic acids is 1. The molecule has 0 spiro atoms. The molecule has 4 heteroatoms. The van der Waals surface area contributed by atoms with Gasteiger partial charge in [0.2, 0.25) is 0 Å². The molecule has 0 saturated heterocycles. The number of rotatable bonds is 6. The summed E-state index contributed by atoms with van der Waals surface area (Å²) in [7, 11) is 4.59. The van der Waals surface area contributed by atoms with Crippen molar-refractivity contribution >= 4 is 22.6 Å². The molecule has 0 atom stereocenters. The number of ether oxygens (including phenoxy) is 3. The Labute approximate surface area is 152 Å². The Morgan fingerprint density at radius 3 is 2.19 bits per heavy atom. The van der Waals surface area contributed by atoms with Crippen molar-refractivity contribution in [2.45, 2.75) is 0 Å². The molecule has 0 saturated carbocycles. The first-order valence-electron chi connectivity index (χ1n) is 8.18. The quantitative estimate of drug-likeness (QED) is 0.476. The second kappa shape index (κ2) is 7.74. The Balaban J connectivity index is 1.98. The van der Waals surface area contributed by atoms with E-state index in [4.69, 9.17) is 14.2 Å². The van der Waals surface area contributed by atoms with Gasteiger partial charge in [0.15, 0.2) is 17.3 Å². The molecule has 132 valence electrons. The van der Waals surface area contributed by atoms with E-state index >= 15 is 0 Å². The summed E-state index contributed by atoms with van der Waals surface area (Å²) >= 11 is 0. The summed E-state index contributed by atoms with van der Waals surface area (Å²) in [5, 5.41) is 2.23. The van der Waals surface area contributed by atoms with E-state index in [1.54, 1.807) is 25.3 Å². The van der Waals surface area contributed by atoms with Crippen molar-refractivity contribution in [1.29, 1.82) is 0 Å². The van der Waals surface area contributed by atoms with Crippen LogP contribution >= 0.6 is 0 Å². The monoisotopic (exact) mass is 348 g/mol. The van der Waals surface area contributed by atoms with E-state index in [-0.39, 0.29) is 5.78 Å². The van der Waals surface area contributed by atoms with Crippen LogP contribution in [0.4, 0.5) is 0 Å². The maximum absolute atomic E-state index is 12.7. The summed E-state index contributed by atoms with van der Waals surface area (Å²) in [5.74, 6) is 1.26. The van der Waals surface area contributed by atoms with E-state index in [9.17, 15) is 4.79 Å². The normalized spacial score (nSPS) is 10.9. The van der Waals surface area contributed by atoms with Crippen molar-refractivity contribution in [1.82, 2.24) is 0 Å². The maximum atomic E-state index is 12.7. The van der Waals surface area contributed by atoms with Crippen LogP contribution in [0.25, 0.3) is 16.8 Å². The molecule has 0 aliphatic heterocycles. The van der Waals surface area contributed by atoms with Crippen LogP contribution in [-0.4, -0.2) is 27.1 Å². The molecule has 0 bridgehead atoms. The Bertz CT molecular complexity index is 968. The summed E-state index contributed by atoms with van der Waals surface area (Å²) in [6, 6.07) is 17.4. The molecule has 3 aromatic carbocycles. The van der Waals surface area contributed by atoms with Gasteiger partial charge in [0.25, 0.3) is 0 Å². The van der Waals surface area contributed by atoms with Gasteiger partial charge in [-0.05, 0) is 28.5 Å². The van der Waals surface area contributed by atoms with Crippen LogP contribution in [0.5, 0.6) is 17.2 Å². The van der Waals surface area contributed by atoms with E-state index in [1.165, 1.54) is 14.2 Å². The number of hydrogen-bond acceptors (Lipinski definition) is 4. The molecule has 0 heterocycles. The fourth-order valence-electron chi connectivity index (χ4n) is 2.87. The zero-order chi connectivity index (χ0) is 18.5. The Morgan fingerprint density at radius 2 is 1.46 bits per heavy atom. The van der Waals surface area contributed by atoms with Gasteiger partial charge >= 0.3 is 0 Å². The van der Waals surface area contributed by atoms with Crippen LogP contribution in [0.15, 0.2) is 60.7 Å². The highest BCUT2D eigenvalue weighted by atomic mass is 16.5. The first-order chi connectivity index (χ1) is 12.7. The lowest BCUT2D eigenvalue weighted by Gasteiger charge is -2.12. The lowest BCUT2D eigenvalue weighted by molar-refractivity contribution is 0.104. The highest BCUT2D eigenvalue weighted by Crippen LogP contribution is 2.35. The minimum Gasteiger partial charge on any atom is -0.496 e. The van der Waals surface area contributed by atoms with Gasteiger partial charge in [0.1, 0.15) is 5.75 Å². The van der Waals surface area contributed by atoms with Gasteiger partial charge < -0.3 is 14.2 Å². The third-order valence-electron chi connectivity index (χ3n) is 4.21. The molecule has 3 aromatic rings. The summed E-state index contributed by atoms with van der Waals surface area (Å²) in [4.78, 5) is 12.7. The van der Waals surface area contributed by atoms with E-state index in [0.717, 1.165) is 16.3 Å². The van der Waals surface area contributed by atoms with E-state index in [1.807, 2.05) is 48.5 Å². The lowest BCUT2D eigenvalue weighted by atomic mass is 10.0. The molecule has 0 aliphatic rings. The minimum absolute atomic E-state index is 0.171. The van der Waals surface area contributed by atoms with Crippen molar-refractivity contribution in [2.75, 3.05) is 21.3 Å². The average molecular weight is 348 g/mol. The Morgan fingerprint density at radius 1 is 0.808 bits per heavy atom. The summed E-state index contributed by atoms with van der Waals surface area (Å²) in [6.45, 7) is 0. The van der Waals surface area contributed by atoms with Gasteiger partial charge in [-0.2, -0.15) is 0 Å². The van der Waals surface area contributed by atoms with Crippen molar-refractivity contribution in [3.8, 4) is 17.2 Å². The average Bonchev–Trinajstić information content (AvgIpc) is 2.70. The zero-order valence-electron chi connectivity index (χ0n) is 15.0. The van der Waals surface area contributed by atoms with E-state index in [2.05, 4.69) is 0 Å². The fourth-order valence-corrected chi connectivity index (χ4v) is 2.87. The molecule has 0 aliphatic carbocycles. The second-order valence-electron chi connectivity index (χ2n) is 5.67. The third kappa shape index (κ3) is 3.40. The van der Waals surface area contributed by atoms with Gasteiger partial charge in [-0.25, -0.2) is 0 Å². The number of ketones is 1. The maximum Gasteiger partial charge on any atom is 0.189 e. The highest BCUT2D eigenvalue weighted by Gasteiger charge is 2.16. The van der Waals surface area contributed by atoms with Crippen molar-refractivity contribution < 1.29 is 19.0 Å². The molecule has 0 radical (unpaired) electrons. The summed E-state index contributed by atoms with van der Waals surface area (Å²) < 4.78 is 15.9. The first-order valence-corrected chi connectivity index (χ1v) is 8.18. The number of carbonyl (C=O) groups is 1. The van der Waals surface area contributed by atoms with Crippen molar-refractivity contribution in [2.24, 2.45) is 0 Å². The Kier molecular flexibility index (Phi) is 5.23. The van der Waals surface area contributed by atoms with Crippen molar-refractivity contribution in [3.05, 3.63) is 71.8 Å². The standard InChI is InChI=1S/C22H20O4/c1-24-20-14-22(26-3)21(25-2)13-18(20)19(23)12-11-16-9-6-8-15-7-4-5-10-17(15)16/h4-14H,1-3H3/b12-11+. The van der Waals surface area contributed by atoms with Crippen LogP contribution < -0.4 is 14.2 Å². The zero-order valence-corrected chi connectivity index (χ0v) is 15.0. The highest BCUT2D eigenvalue weighted by molar-refractivity contribution is 6.10. The topological polar surface area (TPSA) is 44.8 Å². The molecule has 3 rings (SSSR count). The number of benzene rings is 3. The third-order valence-corrected chi connectivity index (χ3v) is 4.21. The van der Waals surface area contributed by atoms with Gasteiger partial charge in [0.05, 0.1) is 26.9 Å². The van der Waals surface area contributed by atoms with Crippen LogP contribution in [0.3, 0.4) is 0 Å². The molecule has 0 N–H and O–H groups in total. The predicted octanol–water partition coefficient (Wildman–Crippen LogP) is 4.76. The fraction of sp³-hybridized carbons (Fsp3) is 0.136. The van der Waals surface area contributed by atoms with E-state index in [0.29, 0.717) is 22.8 Å². The Hall–Kier alpha value is -3.27. The smallest absolute Gasteiger partial charge is 0.189 e. The van der Waals surface area contributed by atoms with E-state index < -0.39 is 0 Å². The van der Waals surface area contributed by atoms with Crippen LogP contribution in [0.2, 0.25) is 0 Å². The van der Waals surface area contributed by atoms with Crippen LogP contribution in [0, 0.1) is 0 Å². The number of hydrogen-bond donors (Lipinski definition) is 0. The first kappa shape index (κ1) is 17.5. The minimum atomic E-state index is -0.171. The molecule has 26 heavy (non-hydrogen) atoms. The second-order valence-corrected chi connectivity index (χ2v) is 5.67. The van der Waals surface area contributed by atoms with Crippen LogP contribution in [0.1, 0.15) is 15.9 Å². The number of allylic oxidation sites excluding steroid dienone is 1. The largest absolute Gasteiger partial charge is 0.496 e. The van der Waals surface area contributed by atoms with Gasteiger partial charge in [-0.3, -0.25) is 4.79 Å². The number of methoxy groups -OCH3 is 3. The molecular formula is C22H20O4. The lowest BCUT2D eigenvalue weighted by Crippen LogP contribution is -2.01. The van der Waals surface area contributed by atoms with Gasteiger partial charge in [-0.15, -0.1) is 0 Å². The summed E-state index contributed by atoms with van der Waals surface area (Å²) in [5.41, 5.74) is 1.40. The molecule has 0 fully saturated rings. The molecular weight excluding hydrogens is 328 g/mol. The molecule has 0 unspecified atom stereocenters. The molecule has 0 amide bonds. The summed E-state index contributed by atoms with van der Waals surface area (Å²) in [6.07, 6.45) is 3.37. The number of fused-ring (bicyclic) bond motifs is 1. The van der Waals surface area contributed by atoms with Crippen LogP contribution in [-0.2, 0) is 0 Å².